The number of hydrogen-bond donors (Lipinski definition) is 1. The van der Waals surface area contributed by atoms with E-state index in [0.717, 1.165) is 0 Å². The standard InChI is InChI=1S/C15H12BrFO3/c16-10-7-9(5-6-11(10)17)15(18)14-8-19-12-3-1-2-4-13(12)20-14/h1-7,14-15,18H,8H2. The van der Waals surface area contributed by atoms with Gasteiger partial charge in [0, 0.05) is 0 Å². The van der Waals surface area contributed by atoms with Crippen molar-refractivity contribution in [1.82, 2.24) is 0 Å². The molecule has 104 valence electrons. The molecule has 0 saturated carbocycles. The number of rotatable bonds is 2. The molecule has 0 aliphatic carbocycles. The maximum absolute atomic E-state index is 13.2. The smallest absolute Gasteiger partial charge is 0.163 e. The molecule has 2 unspecified atom stereocenters. The molecule has 3 rings (SSSR count). The summed E-state index contributed by atoms with van der Waals surface area (Å²) in [6.45, 7) is 0.243. The molecule has 0 amide bonds. The Morgan fingerprint density at radius 1 is 1.20 bits per heavy atom. The number of hydrogen-bond acceptors (Lipinski definition) is 3. The lowest BCUT2D eigenvalue weighted by molar-refractivity contribution is -0.0113. The predicted octanol–water partition coefficient (Wildman–Crippen LogP) is 3.46. The highest BCUT2D eigenvalue weighted by molar-refractivity contribution is 9.10. The molecule has 5 heteroatoms. The Balaban J connectivity index is 1.82. The van der Waals surface area contributed by atoms with Crippen LogP contribution in [-0.2, 0) is 0 Å². The summed E-state index contributed by atoms with van der Waals surface area (Å²) in [7, 11) is 0. The average molecular weight is 339 g/mol. The van der Waals surface area contributed by atoms with Gasteiger partial charge in [-0.2, -0.15) is 0 Å². The Morgan fingerprint density at radius 3 is 2.70 bits per heavy atom. The maximum Gasteiger partial charge on any atom is 0.163 e. The first-order valence-corrected chi connectivity index (χ1v) is 6.96. The van der Waals surface area contributed by atoms with Gasteiger partial charge in [0.2, 0.25) is 0 Å². The van der Waals surface area contributed by atoms with E-state index in [-0.39, 0.29) is 12.4 Å². The molecule has 0 aromatic heterocycles. The molecule has 0 bridgehead atoms. The lowest BCUT2D eigenvalue weighted by Crippen LogP contribution is -2.34. The predicted molar refractivity (Wildman–Crippen MR) is 75.4 cm³/mol. The van der Waals surface area contributed by atoms with Crippen LogP contribution in [0.4, 0.5) is 4.39 Å². The molecule has 1 N–H and O–H groups in total. The molecule has 0 radical (unpaired) electrons. The van der Waals surface area contributed by atoms with Gasteiger partial charge in [0.25, 0.3) is 0 Å². The third-order valence-electron chi connectivity index (χ3n) is 3.17. The molecule has 2 aromatic carbocycles. The van der Waals surface area contributed by atoms with Gasteiger partial charge in [0.1, 0.15) is 18.5 Å². The summed E-state index contributed by atoms with van der Waals surface area (Å²) in [5.41, 5.74) is 0.575. The van der Waals surface area contributed by atoms with Crippen LogP contribution in [0.5, 0.6) is 11.5 Å². The van der Waals surface area contributed by atoms with Crippen LogP contribution >= 0.6 is 15.9 Å². The van der Waals surface area contributed by atoms with Gasteiger partial charge in [0.05, 0.1) is 4.47 Å². The number of benzene rings is 2. The summed E-state index contributed by atoms with van der Waals surface area (Å²) in [6, 6.07) is 11.7. The Hall–Kier alpha value is -1.59. The van der Waals surface area contributed by atoms with Crippen molar-refractivity contribution in [2.45, 2.75) is 12.2 Å². The average Bonchev–Trinajstić information content (AvgIpc) is 2.49. The second-order valence-electron chi connectivity index (χ2n) is 4.53. The molecule has 20 heavy (non-hydrogen) atoms. The van der Waals surface area contributed by atoms with Crippen LogP contribution < -0.4 is 9.47 Å². The van der Waals surface area contributed by atoms with Crippen LogP contribution in [0.15, 0.2) is 46.9 Å². The summed E-state index contributed by atoms with van der Waals surface area (Å²) < 4.78 is 24.8. The van der Waals surface area contributed by atoms with Crippen LogP contribution in [0.25, 0.3) is 0 Å². The molecular weight excluding hydrogens is 327 g/mol. The third-order valence-corrected chi connectivity index (χ3v) is 3.78. The number of ether oxygens (including phenoxy) is 2. The Kier molecular flexibility index (Phi) is 3.63. The zero-order chi connectivity index (χ0) is 14.1. The summed E-state index contributed by atoms with van der Waals surface area (Å²) >= 11 is 3.11. The van der Waals surface area contributed by atoms with Crippen molar-refractivity contribution in [2.24, 2.45) is 0 Å². The van der Waals surface area contributed by atoms with Crippen LogP contribution in [-0.4, -0.2) is 17.8 Å². The monoisotopic (exact) mass is 338 g/mol. The lowest BCUT2D eigenvalue weighted by Gasteiger charge is -2.29. The highest BCUT2D eigenvalue weighted by atomic mass is 79.9. The number of para-hydroxylation sites is 2. The zero-order valence-corrected chi connectivity index (χ0v) is 12.0. The molecule has 3 nitrogen and oxygen atoms in total. The molecular formula is C15H12BrFO3. The van der Waals surface area contributed by atoms with E-state index in [0.29, 0.717) is 21.5 Å². The van der Waals surface area contributed by atoms with Crippen molar-refractivity contribution >= 4 is 15.9 Å². The topological polar surface area (TPSA) is 38.7 Å². The summed E-state index contributed by atoms with van der Waals surface area (Å²) in [5.74, 6) is 0.896. The summed E-state index contributed by atoms with van der Waals surface area (Å²) in [5, 5.41) is 10.3. The van der Waals surface area contributed by atoms with Crippen molar-refractivity contribution in [3.8, 4) is 11.5 Å². The van der Waals surface area contributed by atoms with Crippen molar-refractivity contribution < 1.29 is 19.0 Å². The first-order chi connectivity index (χ1) is 9.65. The SMILES string of the molecule is OC(c1ccc(F)c(Br)c1)C1COc2ccccc2O1. The molecule has 1 aliphatic heterocycles. The number of aliphatic hydroxyl groups excluding tert-OH is 1. The van der Waals surface area contributed by atoms with E-state index in [4.69, 9.17) is 9.47 Å². The van der Waals surface area contributed by atoms with E-state index < -0.39 is 12.2 Å². The highest BCUT2D eigenvalue weighted by Crippen LogP contribution is 2.34. The minimum absolute atomic E-state index is 0.243. The molecule has 2 atom stereocenters. The van der Waals surface area contributed by atoms with E-state index in [1.807, 2.05) is 18.2 Å². The van der Waals surface area contributed by atoms with Crippen LogP contribution in [0, 0.1) is 5.82 Å². The number of halogens is 2. The lowest BCUT2D eigenvalue weighted by atomic mass is 10.0. The van der Waals surface area contributed by atoms with E-state index >= 15 is 0 Å². The van der Waals surface area contributed by atoms with Gasteiger partial charge >= 0.3 is 0 Å². The minimum atomic E-state index is -0.889. The first-order valence-electron chi connectivity index (χ1n) is 6.16. The van der Waals surface area contributed by atoms with Crippen molar-refractivity contribution in [2.75, 3.05) is 6.61 Å². The van der Waals surface area contributed by atoms with Gasteiger partial charge in [-0.15, -0.1) is 0 Å². The number of fused-ring (bicyclic) bond motifs is 1. The fourth-order valence-electron chi connectivity index (χ4n) is 2.10. The minimum Gasteiger partial charge on any atom is -0.486 e. The summed E-state index contributed by atoms with van der Waals surface area (Å²) in [4.78, 5) is 0. The fourth-order valence-corrected chi connectivity index (χ4v) is 2.50. The fraction of sp³-hybridized carbons (Fsp3) is 0.200. The molecule has 1 aliphatic rings. The van der Waals surface area contributed by atoms with Gasteiger partial charge in [-0.1, -0.05) is 18.2 Å². The van der Waals surface area contributed by atoms with Crippen molar-refractivity contribution in [3.63, 3.8) is 0 Å². The van der Waals surface area contributed by atoms with Crippen LogP contribution in [0.1, 0.15) is 11.7 Å². The van der Waals surface area contributed by atoms with Crippen LogP contribution in [0.2, 0.25) is 0 Å². The van der Waals surface area contributed by atoms with Crippen molar-refractivity contribution in [1.29, 1.82) is 0 Å². The highest BCUT2D eigenvalue weighted by Gasteiger charge is 2.28. The molecule has 2 aromatic rings. The second kappa shape index (κ2) is 5.42. The first kappa shape index (κ1) is 13.4. The van der Waals surface area contributed by atoms with Gasteiger partial charge in [-0.05, 0) is 45.8 Å². The molecule has 0 fully saturated rings. The summed E-state index contributed by atoms with van der Waals surface area (Å²) in [6.07, 6.45) is -1.41. The van der Waals surface area contributed by atoms with Crippen molar-refractivity contribution in [3.05, 3.63) is 58.3 Å². The van der Waals surface area contributed by atoms with Gasteiger partial charge in [-0.3, -0.25) is 0 Å². The molecule has 1 heterocycles. The molecule has 0 spiro atoms. The van der Waals surface area contributed by atoms with E-state index in [1.165, 1.54) is 12.1 Å². The normalized spacial score (nSPS) is 18.6. The maximum atomic E-state index is 13.2. The zero-order valence-electron chi connectivity index (χ0n) is 10.4. The van der Waals surface area contributed by atoms with E-state index in [1.54, 1.807) is 12.1 Å². The largest absolute Gasteiger partial charge is 0.486 e. The van der Waals surface area contributed by atoms with E-state index in [9.17, 15) is 9.50 Å². The quantitative estimate of drug-likeness (QED) is 0.911. The van der Waals surface area contributed by atoms with E-state index in [2.05, 4.69) is 15.9 Å². The second-order valence-corrected chi connectivity index (χ2v) is 5.39. The van der Waals surface area contributed by atoms with Gasteiger partial charge < -0.3 is 14.6 Å². The van der Waals surface area contributed by atoms with Crippen LogP contribution in [0.3, 0.4) is 0 Å². The Bertz CT molecular complexity index is 632. The third kappa shape index (κ3) is 2.51. The van der Waals surface area contributed by atoms with Gasteiger partial charge in [0.15, 0.2) is 17.6 Å². The Morgan fingerprint density at radius 2 is 1.95 bits per heavy atom. The number of aliphatic hydroxyl groups is 1. The van der Waals surface area contributed by atoms with Gasteiger partial charge in [-0.25, -0.2) is 4.39 Å². The Labute approximate surface area is 124 Å². The molecule has 0 saturated heterocycles.